The zero-order chi connectivity index (χ0) is 22.4. The summed E-state index contributed by atoms with van der Waals surface area (Å²) in [5, 5.41) is 14.4. The van der Waals surface area contributed by atoms with E-state index in [0.717, 1.165) is 22.9 Å². The second-order valence-corrected chi connectivity index (χ2v) is 7.29. The van der Waals surface area contributed by atoms with Gasteiger partial charge in [0, 0.05) is 17.5 Å². The first kappa shape index (κ1) is 22.1. The maximum atomic E-state index is 12.4. The van der Waals surface area contributed by atoms with E-state index < -0.39 is 29.6 Å². The van der Waals surface area contributed by atoms with Crippen LogP contribution in [-0.2, 0) is 9.59 Å². The van der Waals surface area contributed by atoms with Crippen LogP contribution in [-0.4, -0.2) is 24.0 Å². The number of rotatable bonds is 9. The number of carboxylic acids is 1. The minimum Gasteiger partial charge on any atom is -0.548 e. The Hall–Kier alpha value is -3.61. The second kappa shape index (κ2) is 9.93. The van der Waals surface area contributed by atoms with Crippen molar-refractivity contribution in [3.05, 3.63) is 65.0 Å². The number of nitrogens with one attached hydrogen (secondary N) is 1. The van der Waals surface area contributed by atoms with Crippen LogP contribution in [0.4, 0.5) is 0 Å². The second-order valence-electron chi connectivity index (χ2n) is 7.29. The molecule has 0 aliphatic rings. The van der Waals surface area contributed by atoms with Crippen molar-refractivity contribution >= 4 is 22.8 Å². The third kappa shape index (κ3) is 5.51. The number of benzene rings is 2. The summed E-state index contributed by atoms with van der Waals surface area (Å²) in [5.74, 6) is -1.57. The van der Waals surface area contributed by atoms with E-state index in [1.165, 1.54) is 13.0 Å². The molecule has 0 saturated carbocycles. The molecule has 1 heterocycles. The minimum atomic E-state index is -1.32. The van der Waals surface area contributed by atoms with Gasteiger partial charge < -0.3 is 24.4 Å². The zero-order valence-electron chi connectivity index (χ0n) is 17.4. The molecule has 7 nitrogen and oxygen atoms in total. The number of carbonyl (C=O) groups is 2. The van der Waals surface area contributed by atoms with Crippen LogP contribution in [0, 0.1) is 0 Å². The van der Waals surface area contributed by atoms with E-state index in [-0.39, 0.29) is 0 Å². The molecule has 162 valence electrons. The lowest BCUT2D eigenvalue weighted by Gasteiger charge is -2.22. The van der Waals surface area contributed by atoms with Gasteiger partial charge in [0.1, 0.15) is 11.3 Å². The summed E-state index contributed by atoms with van der Waals surface area (Å²) >= 11 is 0. The highest BCUT2D eigenvalue weighted by Crippen LogP contribution is 2.29. The molecule has 1 N–H and O–H groups in total. The lowest BCUT2D eigenvalue weighted by atomic mass is 10.0. The van der Waals surface area contributed by atoms with Crippen molar-refractivity contribution in [2.75, 3.05) is 0 Å². The highest BCUT2D eigenvalue weighted by Gasteiger charge is 2.20. The average Bonchev–Trinajstić information content (AvgIpc) is 2.76. The van der Waals surface area contributed by atoms with Crippen molar-refractivity contribution in [2.45, 2.75) is 45.3 Å². The molecule has 0 unspecified atom stereocenters. The van der Waals surface area contributed by atoms with E-state index >= 15 is 0 Å². The summed E-state index contributed by atoms with van der Waals surface area (Å²) in [4.78, 5) is 35.7. The molecule has 0 spiro atoms. The van der Waals surface area contributed by atoms with E-state index in [0.29, 0.717) is 24.2 Å². The third-order valence-corrected chi connectivity index (χ3v) is 4.93. The SMILES string of the molecule is CCCC[C@H](NC(=O)[C@@H](C)Oc1ccc2c(-c3ccccc3)cc(=O)oc2c1)C(=O)[O-]. The number of unbranched alkanes of at least 4 members (excludes halogenated alkanes) is 1. The van der Waals surface area contributed by atoms with Gasteiger partial charge in [-0.3, -0.25) is 4.79 Å². The number of amides is 1. The van der Waals surface area contributed by atoms with Gasteiger partial charge in [0.05, 0.1) is 12.0 Å². The zero-order valence-corrected chi connectivity index (χ0v) is 17.4. The molecule has 0 aliphatic carbocycles. The first-order valence-electron chi connectivity index (χ1n) is 10.2. The number of fused-ring (bicyclic) bond motifs is 1. The van der Waals surface area contributed by atoms with Crippen LogP contribution < -0.4 is 20.8 Å². The molecule has 31 heavy (non-hydrogen) atoms. The first-order chi connectivity index (χ1) is 14.9. The normalized spacial score (nSPS) is 12.8. The van der Waals surface area contributed by atoms with Gasteiger partial charge in [-0.1, -0.05) is 50.1 Å². The molecule has 0 radical (unpaired) electrons. The molecular formula is C24H24NO6-. The summed E-state index contributed by atoms with van der Waals surface area (Å²) < 4.78 is 11.0. The highest BCUT2D eigenvalue weighted by atomic mass is 16.5. The summed E-state index contributed by atoms with van der Waals surface area (Å²) in [6.07, 6.45) is 0.798. The largest absolute Gasteiger partial charge is 0.548 e. The molecule has 0 bridgehead atoms. The smallest absolute Gasteiger partial charge is 0.336 e. The molecular weight excluding hydrogens is 398 g/mol. The summed E-state index contributed by atoms with van der Waals surface area (Å²) in [6, 6.07) is 14.8. The molecule has 1 aromatic heterocycles. The average molecular weight is 422 g/mol. The number of carbonyl (C=O) groups excluding carboxylic acids is 2. The van der Waals surface area contributed by atoms with Crippen LogP contribution >= 0.6 is 0 Å². The Morgan fingerprint density at radius 1 is 1.13 bits per heavy atom. The Labute approximate surface area is 179 Å². The summed E-state index contributed by atoms with van der Waals surface area (Å²) in [7, 11) is 0. The lowest BCUT2D eigenvalue weighted by molar-refractivity contribution is -0.308. The molecule has 0 saturated heterocycles. The van der Waals surface area contributed by atoms with Crippen LogP contribution in [0.2, 0.25) is 0 Å². The maximum absolute atomic E-state index is 12.4. The van der Waals surface area contributed by atoms with Crippen molar-refractivity contribution in [3.63, 3.8) is 0 Å². The van der Waals surface area contributed by atoms with Crippen molar-refractivity contribution in [3.8, 4) is 16.9 Å². The Morgan fingerprint density at radius 2 is 1.87 bits per heavy atom. The van der Waals surface area contributed by atoms with Crippen molar-refractivity contribution in [1.82, 2.24) is 5.32 Å². The van der Waals surface area contributed by atoms with Crippen LogP contribution in [0.15, 0.2) is 63.8 Å². The molecule has 3 rings (SSSR count). The van der Waals surface area contributed by atoms with Gasteiger partial charge in [0.15, 0.2) is 6.10 Å². The predicted molar refractivity (Wildman–Crippen MR) is 114 cm³/mol. The van der Waals surface area contributed by atoms with Crippen molar-refractivity contribution in [1.29, 1.82) is 0 Å². The summed E-state index contributed by atoms with van der Waals surface area (Å²) in [6.45, 7) is 3.45. The number of carboxylic acid groups (broad SMARTS) is 1. The monoisotopic (exact) mass is 422 g/mol. The summed E-state index contributed by atoms with van der Waals surface area (Å²) in [5.41, 5.74) is 1.44. The van der Waals surface area contributed by atoms with Gasteiger partial charge in [-0.2, -0.15) is 0 Å². The molecule has 0 fully saturated rings. The maximum Gasteiger partial charge on any atom is 0.336 e. The lowest BCUT2D eigenvalue weighted by Crippen LogP contribution is -2.51. The van der Waals surface area contributed by atoms with Gasteiger partial charge in [-0.15, -0.1) is 0 Å². The quantitative estimate of drug-likeness (QED) is 0.531. The van der Waals surface area contributed by atoms with Crippen LogP contribution in [0.3, 0.4) is 0 Å². The van der Waals surface area contributed by atoms with E-state index in [2.05, 4.69) is 5.32 Å². The number of hydrogen-bond donors (Lipinski definition) is 1. The number of aliphatic carboxylic acids is 1. The molecule has 0 aliphatic heterocycles. The molecule has 3 aromatic rings. The van der Waals surface area contributed by atoms with Gasteiger partial charge in [-0.25, -0.2) is 4.79 Å². The Morgan fingerprint density at radius 3 is 2.55 bits per heavy atom. The van der Waals surface area contributed by atoms with Gasteiger partial charge >= 0.3 is 5.63 Å². The highest BCUT2D eigenvalue weighted by molar-refractivity contribution is 5.93. The third-order valence-electron chi connectivity index (χ3n) is 4.93. The Bertz CT molecular complexity index is 1120. The Balaban J connectivity index is 1.80. The van der Waals surface area contributed by atoms with Crippen molar-refractivity contribution < 1.29 is 23.8 Å². The van der Waals surface area contributed by atoms with Gasteiger partial charge in [-0.05, 0) is 36.6 Å². The van der Waals surface area contributed by atoms with E-state index in [4.69, 9.17) is 9.15 Å². The Kier molecular flexibility index (Phi) is 7.07. The van der Waals surface area contributed by atoms with Crippen LogP contribution in [0.25, 0.3) is 22.1 Å². The fraction of sp³-hybridized carbons (Fsp3) is 0.292. The molecule has 2 aromatic carbocycles. The van der Waals surface area contributed by atoms with Gasteiger partial charge in [0.25, 0.3) is 5.91 Å². The molecule has 1 amide bonds. The van der Waals surface area contributed by atoms with Crippen LogP contribution in [0.5, 0.6) is 5.75 Å². The van der Waals surface area contributed by atoms with Crippen LogP contribution in [0.1, 0.15) is 33.1 Å². The van der Waals surface area contributed by atoms with E-state index in [1.807, 2.05) is 37.3 Å². The fourth-order valence-corrected chi connectivity index (χ4v) is 3.28. The topological polar surface area (TPSA) is 109 Å². The van der Waals surface area contributed by atoms with E-state index in [1.54, 1.807) is 18.2 Å². The first-order valence-corrected chi connectivity index (χ1v) is 10.2. The fourth-order valence-electron chi connectivity index (χ4n) is 3.28. The number of ether oxygens (including phenoxy) is 1. The molecule has 7 heteroatoms. The minimum absolute atomic E-state index is 0.292. The molecule has 2 atom stereocenters. The number of hydrogen-bond acceptors (Lipinski definition) is 6. The standard InChI is InChI=1S/C24H25NO6/c1-3-4-10-20(24(28)29)25-23(27)15(2)30-17-11-12-18-19(16-8-6-5-7-9-16)14-22(26)31-21(18)13-17/h5-9,11-15,20H,3-4,10H2,1-2H3,(H,25,27)(H,28,29)/p-1/t15-,20+/m1/s1. The van der Waals surface area contributed by atoms with Crippen molar-refractivity contribution in [2.24, 2.45) is 0 Å². The van der Waals surface area contributed by atoms with E-state index in [9.17, 15) is 19.5 Å². The predicted octanol–water partition coefficient (Wildman–Crippen LogP) is 2.65. The van der Waals surface area contributed by atoms with Gasteiger partial charge in [0.2, 0.25) is 0 Å².